The van der Waals surface area contributed by atoms with Crippen LogP contribution in [0.4, 0.5) is 13.2 Å². The minimum absolute atomic E-state index is 0.0495. The van der Waals surface area contributed by atoms with Crippen LogP contribution in [-0.4, -0.2) is 37.4 Å². The second kappa shape index (κ2) is 6.49. The Morgan fingerprint density at radius 2 is 2.12 bits per heavy atom. The summed E-state index contributed by atoms with van der Waals surface area (Å²) in [5.41, 5.74) is 0.607. The first-order valence-electron chi connectivity index (χ1n) is 8.00. The van der Waals surface area contributed by atoms with E-state index in [1.807, 2.05) is 0 Å². The van der Waals surface area contributed by atoms with E-state index in [2.05, 4.69) is 20.0 Å². The van der Waals surface area contributed by atoms with Gasteiger partial charge in [-0.15, -0.1) is 0 Å². The highest BCUT2D eigenvalue weighted by atomic mass is 19.4. The number of rotatable bonds is 6. The van der Waals surface area contributed by atoms with Gasteiger partial charge in [0.25, 0.3) is 0 Å². The number of alkyl halides is 3. The third-order valence-corrected chi connectivity index (χ3v) is 4.20. The van der Waals surface area contributed by atoms with E-state index >= 15 is 0 Å². The van der Waals surface area contributed by atoms with Crippen molar-refractivity contribution in [3.05, 3.63) is 28.8 Å². The number of hydrogen-bond donors (Lipinski definition) is 0. The minimum Gasteiger partial charge on any atom is -0.335 e. The summed E-state index contributed by atoms with van der Waals surface area (Å²) in [7, 11) is 0. The quantitative estimate of drug-likeness (QED) is 0.794. The standard InChI is InChI=1S/C15H18F3N5O2/c1-3-22(7-11-9(2)20-25-21-11)14(24)8-23-12(10-4-5-10)6-13(19-23)15(16,17)18/h6,10H,3-5,7-8H2,1-2H3. The van der Waals surface area contributed by atoms with Crippen molar-refractivity contribution in [3.8, 4) is 0 Å². The lowest BCUT2D eigenvalue weighted by Gasteiger charge is -2.20. The first-order valence-corrected chi connectivity index (χ1v) is 8.00. The van der Waals surface area contributed by atoms with Crippen LogP contribution < -0.4 is 0 Å². The van der Waals surface area contributed by atoms with Crippen LogP contribution in [0.1, 0.15) is 48.5 Å². The van der Waals surface area contributed by atoms with E-state index in [4.69, 9.17) is 0 Å². The molecule has 0 aliphatic heterocycles. The molecule has 0 spiro atoms. The first kappa shape index (κ1) is 17.4. The van der Waals surface area contributed by atoms with Gasteiger partial charge >= 0.3 is 6.18 Å². The molecule has 25 heavy (non-hydrogen) atoms. The van der Waals surface area contributed by atoms with Gasteiger partial charge in [0.05, 0.1) is 6.54 Å². The van der Waals surface area contributed by atoms with Gasteiger partial charge in [0.1, 0.15) is 17.9 Å². The van der Waals surface area contributed by atoms with Crippen molar-refractivity contribution in [1.29, 1.82) is 0 Å². The fourth-order valence-electron chi connectivity index (χ4n) is 2.58. The van der Waals surface area contributed by atoms with Crippen LogP contribution in [-0.2, 0) is 24.1 Å². The highest BCUT2D eigenvalue weighted by Gasteiger charge is 2.38. The van der Waals surface area contributed by atoms with Gasteiger partial charge < -0.3 is 4.90 Å². The van der Waals surface area contributed by atoms with E-state index in [0.717, 1.165) is 18.9 Å². The lowest BCUT2D eigenvalue weighted by Crippen LogP contribution is -2.34. The van der Waals surface area contributed by atoms with Gasteiger partial charge in [-0.05, 0) is 32.8 Å². The molecular weight excluding hydrogens is 339 g/mol. The predicted octanol–water partition coefficient (Wildman–Crippen LogP) is 2.52. The summed E-state index contributed by atoms with van der Waals surface area (Å²) < 4.78 is 44.6. The Bertz CT molecular complexity index is 764. The molecule has 0 saturated heterocycles. The van der Waals surface area contributed by atoms with Gasteiger partial charge in [-0.1, -0.05) is 10.3 Å². The average molecular weight is 357 g/mol. The van der Waals surface area contributed by atoms with Crippen molar-refractivity contribution in [2.45, 2.75) is 51.9 Å². The molecule has 2 heterocycles. The molecule has 3 rings (SSSR count). The number of hydrogen-bond acceptors (Lipinski definition) is 5. The molecule has 0 N–H and O–H groups in total. The lowest BCUT2D eigenvalue weighted by molar-refractivity contribution is -0.142. The lowest BCUT2D eigenvalue weighted by atomic mass is 10.2. The molecule has 136 valence electrons. The van der Waals surface area contributed by atoms with E-state index in [1.165, 1.54) is 9.58 Å². The number of aryl methyl sites for hydroxylation is 1. The Kier molecular flexibility index (Phi) is 4.53. The largest absolute Gasteiger partial charge is 0.435 e. The van der Waals surface area contributed by atoms with Crippen molar-refractivity contribution in [2.75, 3.05) is 6.54 Å². The van der Waals surface area contributed by atoms with Crippen LogP contribution in [0.3, 0.4) is 0 Å². The molecule has 0 bridgehead atoms. The number of amides is 1. The SMILES string of the molecule is CCN(Cc1nonc1C)C(=O)Cn1nc(C(F)(F)F)cc1C1CC1. The Morgan fingerprint density at radius 1 is 1.40 bits per heavy atom. The van der Waals surface area contributed by atoms with Gasteiger partial charge in [-0.3, -0.25) is 9.48 Å². The molecule has 1 amide bonds. The number of aromatic nitrogens is 4. The summed E-state index contributed by atoms with van der Waals surface area (Å²) in [5.74, 6) is -0.280. The van der Waals surface area contributed by atoms with Crippen LogP contribution in [0.25, 0.3) is 0 Å². The third-order valence-electron chi connectivity index (χ3n) is 4.20. The van der Waals surface area contributed by atoms with E-state index < -0.39 is 11.9 Å². The predicted molar refractivity (Wildman–Crippen MR) is 79.3 cm³/mol. The summed E-state index contributed by atoms with van der Waals surface area (Å²) in [4.78, 5) is 14.0. The van der Waals surface area contributed by atoms with Gasteiger partial charge in [0.2, 0.25) is 5.91 Å². The van der Waals surface area contributed by atoms with Crippen LogP contribution in [0.5, 0.6) is 0 Å². The molecule has 0 unspecified atom stereocenters. The molecule has 2 aromatic rings. The van der Waals surface area contributed by atoms with Crippen molar-refractivity contribution in [1.82, 2.24) is 25.0 Å². The zero-order valence-corrected chi connectivity index (χ0v) is 13.9. The molecule has 0 aromatic carbocycles. The Labute approximate surface area is 141 Å². The van der Waals surface area contributed by atoms with Crippen LogP contribution in [0, 0.1) is 6.92 Å². The van der Waals surface area contributed by atoms with Crippen LogP contribution >= 0.6 is 0 Å². The maximum Gasteiger partial charge on any atom is 0.435 e. The van der Waals surface area contributed by atoms with Crippen LogP contribution in [0.15, 0.2) is 10.7 Å². The van der Waals surface area contributed by atoms with E-state index in [-0.39, 0.29) is 24.9 Å². The summed E-state index contributed by atoms with van der Waals surface area (Å²) in [6, 6.07) is 1.05. The molecular formula is C15H18F3N5O2. The number of halogens is 3. The number of carbonyl (C=O) groups excluding carboxylic acids is 1. The first-order chi connectivity index (χ1) is 11.8. The van der Waals surface area contributed by atoms with Gasteiger partial charge in [0, 0.05) is 18.2 Å². The van der Waals surface area contributed by atoms with E-state index in [1.54, 1.807) is 13.8 Å². The summed E-state index contributed by atoms with van der Waals surface area (Å²) in [5, 5.41) is 11.0. The normalized spacial score (nSPS) is 14.8. The minimum atomic E-state index is -4.52. The topological polar surface area (TPSA) is 77.0 Å². The Balaban J connectivity index is 1.77. The molecule has 1 saturated carbocycles. The van der Waals surface area contributed by atoms with Crippen molar-refractivity contribution in [3.63, 3.8) is 0 Å². The van der Waals surface area contributed by atoms with Crippen LogP contribution in [0.2, 0.25) is 0 Å². The fourth-order valence-corrected chi connectivity index (χ4v) is 2.58. The molecule has 1 aliphatic carbocycles. The molecule has 1 fully saturated rings. The highest BCUT2D eigenvalue weighted by molar-refractivity contribution is 5.76. The van der Waals surface area contributed by atoms with Gasteiger partial charge in [-0.2, -0.15) is 18.3 Å². The number of likely N-dealkylation sites (N-methyl/N-ethyl adjacent to an activating group) is 1. The van der Waals surface area contributed by atoms with E-state index in [9.17, 15) is 18.0 Å². The molecule has 0 atom stereocenters. The number of carbonyl (C=O) groups is 1. The Morgan fingerprint density at radius 3 is 2.64 bits per heavy atom. The average Bonchev–Trinajstić information content (AvgIpc) is 3.17. The summed E-state index contributed by atoms with van der Waals surface area (Å²) in [6.07, 6.45) is -2.89. The summed E-state index contributed by atoms with van der Waals surface area (Å²) >= 11 is 0. The van der Waals surface area contributed by atoms with E-state index in [0.29, 0.717) is 23.6 Å². The summed E-state index contributed by atoms with van der Waals surface area (Å²) in [6.45, 7) is 3.83. The molecule has 10 heteroatoms. The van der Waals surface area contributed by atoms with Gasteiger partial charge in [-0.25, -0.2) is 4.63 Å². The molecule has 7 nitrogen and oxygen atoms in total. The second-order valence-corrected chi connectivity index (χ2v) is 6.09. The molecule has 2 aromatic heterocycles. The zero-order valence-electron chi connectivity index (χ0n) is 13.9. The molecule has 1 aliphatic rings. The maximum atomic E-state index is 12.9. The third kappa shape index (κ3) is 3.83. The van der Waals surface area contributed by atoms with Crippen molar-refractivity contribution >= 4 is 5.91 Å². The fraction of sp³-hybridized carbons (Fsp3) is 0.600. The molecule has 0 radical (unpaired) electrons. The smallest absolute Gasteiger partial charge is 0.335 e. The zero-order chi connectivity index (χ0) is 18.2. The highest BCUT2D eigenvalue weighted by Crippen LogP contribution is 2.42. The Hall–Kier alpha value is -2.39. The number of nitrogens with zero attached hydrogens (tertiary/aromatic N) is 5. The second-order valence-electron chi connectivity index (χ2n) is 6.09. The van der Waals surface area contributed by atoms with Crippen molar-refractivity contribution in [2.24, 2.45) is 0 Å². The monoisotopic (exact) mass is 357 g/mol. The van der Waals surface area contributed by atoms with Gasteiger partial charge in [0.15, 0.2) is 5.69 Å². The van der Waals surface area contributed by atoms with Crippen molar-refractivity contribution < 1.29 is 22.6 Å². The maximum absolute atomic E-state index is 12.9.